The lowest BCUT2D eigenvalue weighted by atomic mass is 10.4. The normalized spacial score (nSPS) is 14.1. The number of esters is 1. The number of ether oxygens (including phenoxy) is 1. The third-order valence-electron chi connectivity index (χ3n) is 3.47. The summed E-state index contributed by atoms with van der Waals surface area (Å²) < 4.78 is 17.3. The van der Waals surface area contributed by atoms with Gasteiger partial charge in [-0.2, -0.15) is 0 Å². The molecule has 0 aromatic rings. The molecule has 2 N–H and O–H groups in total. The highest BCUT2D eigenvalue weighted by Gasteiger charge is 2.58. The van der Waals surface area contributed by atoms with Crippen LogP contribution in [0.25, 0.3) is 0 Å². The molecule has 0 spiro atoms. The molecule has 0 amide bonds. The van der Waals surface area contributed by atoms with Crippen LogP contribution in [0.15, 0.2) is 12.2 Å². The number of carbonyl (C=O) groups excluding carboxylic acids is 1. The number of rotatable bonds is 6. The van der Waals surface area contributed by atoms with E-state index in [1.54, 1.807) is 6.92 Å². The van der Waals surface area contributed by atoms with Crippen LogP contribution < -0.4 is 0 Å². The predicted molar refractivity (Wildman–Crippen MR) is 87.2 cm³/mol. The molecule has 0 aromatic carbocycles. The SMILES string of the molecule is C=C(C)C(=O)OC(CP(=O)(O)O)([Si](C)(C)C)[Si](C)(C)C. The van der Waals surface area contributed by atoms with E-state index in [0.717, 1.165) is 0 Å². The van der Waals surface area contributed by atoms with Crippen LogP contribution >= 0.6 is 7.60 Å². The van der Waals surface area contributed by atoms with Crippen LogP contribution in [-0.4, -0.2) is 42.9 Å². The van der Waals surface area contributed by atoms with Crippen molar-refractivity contribution in [2.75, 3.05) is 6.16 Å². The lowest BCUT2D eigenvalue weighted by molar-refractivity contribution is -0.143. The molecule has 0 rings (SSSR count). The molecule has 0 saturated heterocycles. The zero-order valence-electron chi connectivity index (χ0n) is 13.5. The first-order valence-corrected chi connectivity index (χ1v) is 15.3. The summed E-state index contributed by atoms with van der Waals surface area (Å²) in [4.78, 5) is 29.9. The van der Waals surface area contributed by atoms with Gasteiger partial charge in [-0.05, 0) is 6.92 Å². The molecule has 0 heterocycles. The largest absolute Gasteiger partial charge is 0.463 e. The molecule has 0 fully saturated rings. The van der Waals surface area contributed by atoms with Crippen LogP contribution in [0.5, 0.6) is 0 Å². The van der Waals surface area contributed by atoms with Gasteiger partial charge in [0.25, 0.3) is 0 Å². The summed E-state index contributed by atoms with van der Waals surface area (Å²) in [5.41, 5.74) is 0.247. The van der Waals surface area contributed by atoms with Crippen LogP contribution in [-0.2, 0) is 14.1 Å². The molecular formula is C12H27O5PSi2. The topological polar surface area (TPSA) is 83.8 Å². The Morgan fingerprint density at radius 2 is 1.50 bits per heavy atom. The number of carbonyl (C=O) groups is 1. The van der Waals surface area contributed by atoms with Gasteiger partial charge in [0.1, 0.15) is 0 Å². The van der Waals surface area contributed by atoms with Crippen molar-refractivity contribution in [2.24, 2.45) is 0 Å². The second-order valence-electron chi connectivity index (χ2n) is 7.32. The summed E-state index contributed by atoms with van der Waals surface area (Å²) in [6.45, 7) is 17.0. The molecular weight excluding hydrogens is 311 g/mol. The molecule has 0 aliphatic heterocycles. The first-order valence-electron chi connectivity index (χ1n) is 6.47. The zero-order chi connectivity index (χ0) is 16.6. The summed E-state index contributed by atoms with van der Waals surface area (Å²) in [6.07, 6.45) is -0.398. The quantitative estimate of drug-likeness (QED) is 0.337. The standard InChI is InChI=1S/C12H27O5PSi2/c1-10(2)11(13)17-12(19(3,4)5,20(6,7)8)9-18(14,15)16/h1,9H2,2-8H3,(H2,14,15,16). The van der Waals surface area contributed by atoms with Gasteiger partial charge in [0.15, 0.2) is 0 Å². The summed E-state index contributed by atoms with van der Waals surface area (Å²) in [5, 5.41) is 0. The van der Waals surface area contributed by atoms with Crippen LogP contribution in [0.3, 0.4) is 0 Å². The maximum absolute atomic E-state index is 12.0. The number of hydrogen-bond donors (Lipinski definition) is 2. The Bertz CT molecular complexity index is 428. The maximum Gasteiger partial charge on any atom is 0.333 e. The molecule has 20 heavy (non-hydrogen) atoms. The minimum Gasteiger partial charge on any atom is -0.463 e. The fourth-order valence-corrected chi connectivity index (χ4v) is 17.9. The third-order valence-corrected chi connectivity index (χ3v) is 14.8. The Labute approximate surface area is 123 Å². The molecule has 0 aliphatic carbocycles. The monoisotopic (exact) mass is 338 g/mol. The van der Waals surface area contributed by atoms with Crippen LogP contribution in [0.4, 0.5) is 0 Å². The summed E-state index contributed by atoms with van der Waals surface area (Å²) in [6, 6.07) is 0. The van der Waals surface area contributed by atoms with E-state index >= 15 is 0 Å². The minimum atomic E-state index is -4.30. The minimum absolute atomic E-state index is 0.247. The van der Waals surface area contributed by atoms with Crippen LogP contribution in [0, 0.1) is 0 Å². The van der Waals surface area contributed by atoms with E-state index < -0.39 is 40.7 Å². The van der Waals surface area contributed by atoms with Gasteiger partial charge in [-0.1, -0.05) is 45.9 Å². The van der Waals surface area contributed by atoms with Crippen LogP contribution in [0.1, 0.15) is 6.92 Å². The summed E-state index contributed by atoms with van der Waals surface area (Å²) in [7, 11) is -8.71. The Morgan fingerprint density at radius 3 is 1.70 bits per heavy atom. The van der Waals surface area contributed by atoms with Gasteiger partial charge in [-0.25, -0.2) is 4.79 Å². The van der Waals surface area contributed by atoms with Crippen molar-refractivity contribution in [3.63, 3.8) is 0 Å². The predicted octanol–water partition coefficient (Wildman–Crippen LogP) is 2.78. The van der Waals surface area contributed by atoms with Gasteiger partial charge in [0.2, 0.25) is 0 Å². The van der Waals surface area contributed by atoms with Crippen molar-refractivity contribution >= 4 is 29.7 Å². The van der Waals surface area contributed by atoms with E-state index in [1.165, 1.54) is 0 Å². The van der Waals surface area contributed by atoms with Gasteiger partial charge < -0.3 is 14.5 Å². The molecule has 118 valence electrons. The fraction of sp³-hybridized carbons (Fsp3) is 0.750. The Kier molecular flexibility index (Phi) is 5.83. The van der Waals surface area contributed by atoms with Crippen molar-refractivity contribution < 1.29 is 23.9 Å². The first-order chi connectivity index (χ1) is 8.53. The lowest BCUT2D eigenvalue weighted by Crippen LogP contribution is -2.70. The number of hydrogen-bond acceptors (Lipinski definition) is 3. The molecule has 0 aromatic heterocycles. The molecule has 0 radical (unpaired) electrons. The van der Waals surface area contributed by atoms with E-state index in [2.05, 4.69) is 6.58 Å². The highest BCUT2D eigenvalue weighted by Crippen LogP contribution is 2.47. The van der Waals surface area contributed by atoms with Gasteiger partial charge in [0, 0.05) is 5.57 Å². The Hall–Kier alpha value is -0.206. The lowest BCUT2D eigenvalue weighted by Gasteiger charge is -2.50. The second kappa shape index (κ2) is 5.89. The third kappa shape index (κ3) is 4.67. The van der Waals surface area contributed by atoms with E-state index in [9.17, 15) is 19.1 Å². The highest BCUT2D eigenvalue weighted by molar-refractivity contribution is 7.52. The molecule has 0 unspecified atom stereocenters. The van der Waals surface area contributed by atoms with E-state index in [4.69, 9.17) is 4.74 Å². The molecule has 0 saturated carbocycles. The summed E-state index contributed by atoms with van der Waals surface area (Å²) in [5.74, 6) is -0.566. The average molecular weight is 338 g/mol. The maximum atomic E-state index is 12.0. The Balaban J connectivity index is 6.03. The fourth-order valence-electron chi connectivity index (χ4n) is 2.47. The van der Waals surface area contributed by atoms with Gasteiger partial charge in [-0.15, -0.1) is 0 Å². The first kappa shape index (κ1) is 19.8. The van der Waals surface area contributed by atoms with Gasteiger partial charge in [-0.3, -0.25) is 4.57 Å². The van der Waals surface area contributed by atoms with Crippen molar-refractivity contribution in [3.05, 3.63) is 12.2 Å². The van der Waals surface area contributed by atoms with Gasteiger partial charge >= 0.3 is 13.6 Å². The molecule has 0 bridgehead atoms. The molecule has 0 atom stereocenters. The van der Waals surface area contributed by atoms with E-state index in [1.807, 2.05) is 39.3 Å². The molecule has 0 aliphatic rings. The van der Waals surface area contributed by atoms with Crippen molar-refractivity contribution in [3.8, 4) is 0 Å². The van der Waals surface area contributed by atoms with E-state index in [-0.39, 0.29) is 5.57 Å². The summed E-state index contributed by atoms with van der Waals surface area (Å²) >= 11 is 0. The van der Waals surface area contributed by atoms with Crippen LogP contribution in [0.2, 0.25) is 39.3 Å². The second-order valence-corrected chi connectivity index (χ2v) is 20.1. The molecule has 5 nitrogen and oxygen atoms in total. The van der Waals surface area contributed by atoms with Crippen molar-refractivity contribution in [1.29, 1.82) is 0 Å². The highest BCUT2D eigenvalue weighted by atomic mass is 31.2. The Morgan fingerprint density at radius 1 is 1.15 bits per heavy atom. The van der Waals surface area contributed by atoms with E-state index in [0.29, 0.717) is 0 Å². The smallest absolute Gasteiger partial charge is 0.333 e. The van der Waals surface area contributed by atoms with Crippen molar-refractivity contribution in [2.45, 2.75) is 51.1 Å². The van der Waals surface area contributed by atoms with Crippen molar-refractivity contribution in [1.82, 2.24) is 0 Å². The molecule has 8 heteroatoms. The van der Waals surface area contributed by atoms with Gasteiger partial charge in [0.05, 0.1) is 27.2 Å². The zero-order valence-corrected chi connectivity index (χ0v) is 16.4. The average Bonchev–Trinajstić information content (AvgIpc) is 2.10.